The number of hydrogen-bond donors (Lipinski definition) is 1. The molecule has 1 aromatic heterocycles. The van der Waals surface area contributed by atoms with Crippen LogP contribution in [0.5, 0.6) is 0 Å². The zero-order valence-corrected chi connectivity index (χ0v) is 13.8. The van der Waals surface area contributed by atoms with Crippen LogP contribution < -0.4 is 0 Å². The lowest BCUT2D eigenvalue weighted by atomic mass is 10.1. The van der Waals surface area contributed by atoms with E-state index in [0.717, 1.165) is 17.5 Å². The number of hydrogen-bond acceptors (Lipinski definition) is 6. The molecule has 0 atom stereocenters. The first-order valence-corrected chi connectivity index (χ1v) is 7.98. The Morgan fingerprint density at radius 1 is 1.08 bits per heavy atom. The minimum absolute atomic E-state index is 0.0701. The Morgan fingerprint density at radius 3 is 2.40 bits per heavy atom. The molecule has 1 heterocycles. The summed E-state index contributed by atoms with van der Waals surface area (Å²) in [6.07, 6.45) is 0.965. The first-order valence-electron chi connectivity index (χ1n) is 7.98. The number of nitrogens with zero attached hydrogens (tertiary/aromatic N) is 2. The maximum absolute atomic E-state index is 12.0. The van der Waals surface area contributed by atoms with Crippen molar-refractivity contribution in [2.24, 2.45) is 0 Å². The molecule has 6 heteroatoms. The van der Waals surface area contributed by atoms with Crippen LogP contribution in [0.4, 0.5) is 0 Å². The van der Waals surface area contributed by atoms with Crippen molar-refractivity contribution in [1.29, 1.82) is 0 Å². The van der Waals surface area contributed by atoms with Crippen LogP contribution in [0.2, 0.25) is 0 Å². The largest absolute Gasteiger partial charge is 0.452 e. The molecule has 3 aromatic rings. The summed E-state index contributed by atoms with van der Waals surface area (Å²) in [6, 6.07) is 14.4. The van der Waals surface area contributed by atoms with Crippen LogP contribution in [0.15, 0.2) is 53.1 Å². The van der Waals surface area contributed by atoms with Gasteiger partial charge in [0.2, 0.25) is 5.82 Å². The van der Waals surface area contributed by atoms with Crippen molar-refractivity contribution >= 4 is 5.97 Å². The SMILES string of the molecule is CCc1ccc(-c2noc(COC(=O)c3ccc(CO)cc3)n2)cc1. The molecule has 0 radical (unpaired) electrons. The van der Waals surface area contributed by atoms with E-state index in [4.69, 9.17) is 14.4 Å². The fourth-order valence-electron chi connectivity index (χ4n) is 2.28. The summed E-state index contributed by atoms with van der Waals surface area (Å²) < 4.78 is 10.3. The highest BCUT2D eigenvalue weighted by Crippen LogP contribution is 2.17. The van der Waals surface area contributed by atoms with Gasteiger partial charge < -0.3 is 14.4 Å². The third-order valence-corrected chi connectivity index (χ3v) is 3.79. The standard InChI is InChI=1S/C19H18N2O4/c1-2-13-3-7-15(8-4-13)18-20-17(25-21-18)12-24-19(23)16-9-5-14(11-22)6-10-16/h3-10,22H,2,11-12H2,1H3. The van der Waals surface area contributed by atoms with Crippen LogP contribution >= 0.6 is 0 Å². The van der Waals surface area contributed by atoms with E-state index >= 15 is 0 Å². The van der Waals surface area contributed by atoms with E-state index in [9.17, 15) is 4.79 Å². The summed E-state index contributed by atoms with van der Waals surface area (Å²) >= 11 is 0. The summed E-state index contributed by atoms with van der Waals surface area (Å²) in [4.78, 5) is 16.2. The van der Waals surface area contributed by atoms with Gasteiger partial charge in [0.05, 0.1) is 12.2 Å². The number of esters is 1. The molecule has 0 aliphatic rings. The van der Waals surface area contributed by atoms with Gasteiger partial charge in [-0.2, -0.15) is 4.98 Å². The summed E-state index contributed by atoms with van der Waals surface area (Å²) in [7, 11) is 0. The molecule has 3 rings (SSSR count). The summed E-state index contributed by atoms with van der Waals surface area (Å²) in [5, 5.41) is 12.9. The second-order valence-electron chi connectivity index (χ2n) is 5.49. The van der Waals surface area contributed by atoms with Gasteiger partial charge >= 0.3 is 5.97 Å². The zero-order chi connectivity index (χ0) is 17.6. The molecule has 0 spiro atoms. The molecule has 2 aromatic carbocycles. The van der Waals surface area contributed by atoms with Gasteiger partial charge in [0, 0.05) is 5.56 Å². The number of aryl methyl sites for hydroxylation is 1. The van der Waals surface area contributed by atoms with E-state index in [1.165, 1.54) is 5.56 Å². The predicted octanol–water partition coefficient (Wildman–Crippen LogP) is 3.15. The van der Waals surface area contributed by atoms with Crippen LogP contribution in [0.25, 0.3) is 11.4 Å². The lowest BCUT2D eigenvalue weighted by Crippen LogP contribution is -2.05. The van der Waals surface area contributed by atoms with Gasteiger partial charge in [-0.05, 0) is 29.7 Å². The molecule has 1 N–H and O–H groups in total. The average Bonchev–Trinajstić information content (AvgIpc) is 3.15. The molecule has 0 saturated carbocycles. The van der Waals surface area contributed by atoms with Crippen molar-refractivity contribution in [3.63, 3.8) is 0 Å². The number of benzene rings is 2. The molecule has 0 unspecified atom stereocenters. The van der Waals surface area contributed by atoms with Gasteiger partial charge in [-0.1, -0.05) is 48.5 Å². The van der Waals surface area contributed by atoms with Gasteiger partial charge in [0.25, 0.3) is 5.89 Å². The average molecular weight is 338 g/mol. The molecule has 0 aliphatic carbocycles. The lowest BCUT2D eigenvalue weighted by molar-refractivity contribution is 0.0429. The third kappa shape index (κ3) is 4.10. The molecule has 6 nitrogen and oxygen atoms in total. The number of aliphatic hydroxyl groups excluding tert-OH is 1. The molecule has 0 bridgehead atoms. The number of aliphatic hydroxyl groups is 1. The third-order valence-electron chi connectivity index (χ3n) is 3.79. The van der Waals surface area contributed by atoms with Crippen molar-refractivity contribution in [2.45, 2.75) is 26.6 Å². The van der Waals surface area contributed by atoms with Crippen molar-refractivity contribution < 1.29 is 19.2 Å². The first-order chi connectivity index (χ1) is 12.2. The minimum atomic E-state index is -0.489. The van der Waals surface area contributed by atoms with E-state index in [2.05, 4.69) is 17.1 Å². The van der Waals surface area contributed by atoms with E-state index in [-0.39, 0.29) is 19.1 Å². The fraction of sp³-hybridized carbons (Fsp3) is 0.211. The highest BCUT2D eigenvalue weighted by molar-refractivity contribution is 5.89. The van der Waals surface area contributed by atoms with E-state index in [1.807, 2.05) is 24.3 Å². The summed E-state index contributed by atoms with van der Waals surface area (Å²) in [5.41, 5.74) is 3.20. The molecule has 128 valence electrons. The Morgan fingerprint density at radius 2 is 1.76 bits per heavy atom. The van der Waals surface area contributed by atoms with Crippen molar-refractivity contribution in [3.05, 3.63) is 71.1 Å². The van der Waals surface area contributed by atoms with Gasteiger partial charge in [0.1, 0.15) is 0 Å². The molecule has 0 amide bonds. The Labute approximate surface area is 145 Å². The maximum Gasteiger partial charge on any atom is 0.338 e. The van der Waals surface area contributed by atoms with Crippen LogP contribution in [0.3, 0.4) is 0 Å². The van der Waals surface area contributed by atoms with Gasteiger partial charge in [-0.25, -0.2) is 4.79 Å². The number of ether oxygens (including phenoxy) is 1. The maximum atomic E-state index is 12.0. The van der Waals surface area contributed by atoms with Crippen LogP contribution in [-0.4, -0.2) is 21.2 Å². The molecular weight excluding hydrogens is 320 g/mol. The minimum Gasteiger partial charge on any atom is -0.452 e. The van der Waals surface area contributed by atoms with E-state index < -0.39 is 5.97 Å². The first kappa shape index (κ1) is 16.9. The van der Waals surface area contributed by atoms with E-state index in [0.29, 0.717) is 11.4 Å². The van der Waals surface area contributed by atoms with Gasteiger partial charge in [0.15, 0.2) is 6.61 Å². The normalized spacial score (nSPS) is 10.6. The fourth-order valence-corrected chi connectivity index (χ4v) is 2.28. The topological polar surface area (TPSA) is 85.5 Å². The summed E-state index contributed by atoms with van der Waals surface area (Å²) in [5.74, 6) is 0.201. The highest BCUT2D eigenvalue weighted by Gasteiger charge is 2.12. The number of aromatic nitrogens is 2. The smallest absolute Gasteiger partial charge is 0.338 e. The predicted molar refractivity (Wildman–Crippen MR) is 90.6 cm³/mol. The molecule has 0 aliphatic heterocycles. The second-order valence-corrected chi connectivity index (χ2v) is 5.49. The van der Waals surface area contributed by atoms with Crippen LogP contribution in [0, 0.1) is 0 Å². The lowest BCUT2D eigenvalue weighted by Gasteiger charge is -2.02. The zero-order valence-electron chi connectivity index (χ0n) is 13.8. The van der Waals surface area contributed by atoms with Gasteiger partial charge in [-0.15, -0.1) is 0 Å². The Kier molecular flexibility index (Phi) is 5.20. The highest BCUT2D eigenvalue weighted by atomic mass is 16.6. The monoisotopic (exact) mass is 338 g/mol. The Bertz CT molecular complexity index is 839. The van der Waals surface area contributed by atoms with Crippen molar-refractivity contribution in [1.82, 2.24) is 10.1 Å². The Hall–Kier alpha value is -2.99. The number of carbonyl (C=O) groups is 1. The molecule has 0 fully saturated rings. The molecular formula is C19H18N2O4. The molecule has 0 saturated heterocycles. The number of carbonyl (C=O) groups excluding carboxylic acids is 1. The van der Waals surface area contributed by atoms with Crippen molar-refractivity contribution in [3.8, 4) is 11.4 Å². The van der Waals surface area contributed by atoms with Crippen LogP contribution in [-0.2, 0) is 24.4 Å². The quantitative estimate of drug-likeness (QED) is 0.695. The second kappa shape index (κ2) is 7.72. The summed E-state index contributed by atoms with van der Waals surface area (Å²) in [6.45, 7) is 1.92. The Balaban J connectivity index is 1.61. The number of rotatable bonds is 6. The molecule has 25 heavy (non-hydrogen) atoms. The van der Waals surface area contributed by atoms with Crippen LogP contribution in [0.1, 0.15) is 34.3 Å². The van der Waals surface area contributed by atoms with E-state index in [1.54, 1.807) is 24.3 Å². The van der Waals surface area contributed by atoms with Crippen molar-refractivity contribution in [2.75, 3.05) is 0 Å². The van der Waals surface area contributed by atoms with Gasteiger partial charge in [-0.3, -0.25) is 0 Å².